The highest BCUT2D eigenvalue weighted by Gasteiger charge is 2.71. The molecule has 6 aromatic heterocycles. The van der Waals surface area contributed by atoms with Crippen LogP contribution in [0.2, 0.25) is 5.15 Å². The number of halogens is 1. The Morgan fingerprint density at radius 1 is 0.457 bits per heavy atom. The van der Waals surface area contributed by atoms with E-state index in [0.29, 0.717) is 109 Å². The molecule has 1 saturated heterocycles. The van der Waals surface area contributed by atoms with Crippen LogP contribution in [0.15, 0.2) is 129 Å². The third-order valence-corrected chi connectivity index (χ3v) is 23.5. The van der Waals surface area contributed by atoms with Crippen molar-refractivity contribution in [2.45, 2.75) is 212 Å². The van der Waals surface area contributed by atoms with Gasteiger partial charge in [-0.25, -0.2) is 44.9 Å². The van der Waals surface area contributed by atoms with Gasteiger partial charge in [-0.05, 0) is 160 Å². The van der Waals surface area contributed by atoms with Crippen LogP contribution in [0.4, 0.5) is 11.6 Å². The molecule has 0 bridgehead atoms. The molecule has 3 aromatic carbocycles. The average Bonchev–Trinajstić information content (AvgIpc) is 1.38. The first kappa shape index (κ1) is 74.6. The van der Waals surface area contributed by atoms with Gasteiger partial charge < -0.3 is 73.6 Å². The van der Waals surface area contributed by atoms with E-state index in [0.717, 1.165) is 69.5 Å². The second-order valence-electron chi connectivity index (χ2n) is 33.6. The Morgan fingerprint density at radius 3 is 1.18 bits per heavy atom. The number of nitrogens with two attached hydrogens (primary N) is 2. The fourth-order valence-electron chi connectivity index (χ4n) is 17.8. The molecule has 9 aliphatic rings. The number of hydrogen-bond acceptors (Lipinski definition) is 21. The van der Waals surface area contributed by atoms with Gasteiger partial charge in [0.05, 0.1) is 113 Å². The van der Waals surface area contributed by atoms with Gasteiger partial charge >= 0.3 is 0 Å². The van der Waals surface area contributed by atoms with Gasteiger partial charge in [0, 0.05) is 59.4 Å². The van der Waals surface area contributed by atoms with Crippen molar-refractivity contribution in [3.8, 4) is 0 Å². The molecule has 8 saturated carbocycles. The van der Waals surface area contributed by atoms with Crippen LogP contribution in [-0.4, -0.2) is 161 Å². The summed E-state index contributed by atoms with van der Waals surface area (Å²) in [5, 5.41) is 30.2. The van der Waals surface area contributed by atoms with Crippen LogP contribution in [-0.2, 0) is 53.0 Å². The van der Waals surface area contributed by atoms with E-state index in [1.54, 1.807) is 6.33 Å². The van der Waals surface area contributed by atoms with E-state index in [1.165, 1.54) is 48.5 Å². The smallest absolute Gasteiger partial charge is 0.165 e. The number of fused-ring (bicyclic) bond motifs is 7. The first-order valence-electron chi connectivity index (χ1n) is 37.4. The molecule has 562 valence electrons. The first-order chi connectivity index (χ1) is 50.3. The number of aliphatic hydroxyl groups excluding tert-OH is 3. The molecule has 25 heteroatoms. The van der Waals surface area contributed by atoms with E-state index in [9.17, 15) is 15.3 Å². The number of nitrogen functional groups attached to an aromatic ring is 2. The monoisotopic (exact) mass is 1460 g/mol. The van der Waals surface area contributed by atoms with Gasteiger partial charge in [-0.3, -0.25) is 0 Å². The van der Waals surface area contributed by atoms with Crippen LogP contribution in [0.1, 0.15) is 161 Å². The molecular weight excluding hydrogens is 1350 g/mol. The summed E-state index contributed by atoms with van der Waals surface area (Å²) in [5.41, 5.74) is 18.8. The maximum absolute atomic E-state index is 10.2. The molecule has 7 heterocycles. The zero-order valence-corrected chi connectivity index (χ0v) is 62.8. The summed E-state index contributed by atoms with van der Waals surface area (Å²) in [6.07, 6.45) is 19.4. The van der Waals surface area contributed by atoms with Crippen molar-refractivity contribution in [2.24, 2.45) is 45.3 Å². The van der Waals surface area contributed by atoms with Gasteiger partial charge in [0.2, 0.25) is 0 Å². The lowest BCUT2D eigenvalue weighted by Crippen LogP contribution is -2.35. The first-order valence-corrected chi connectivity index (χ1v) is 37.8. The minimum absolute atomic E-state index is 0.0408. The third kappa shape index (κ3) is 15.9. The Labute approximate surface area is 619 Å². The van der Waals surface area contributed by atoms with E-state index in [2.05, 4.69) is 153 Å². The van der Waals surface area contributed by atoms with Gasteiger partial charge in [-0.2, -0.15) is 0 Å². The van der Waals surface area contributed by atoms with Gasteiger partial charge in [0.25, 0.3) is 0 Å². The fraction of sp³-hybridized carbons (Fsp3) is 0.588. The van der Waals surface area contributed by atoms with Crippen LogP contribution in [0.25, 0.3) is 33.5 Å². The van der Waals surface area contributed by atoms with E-state index in [4.69, 9.17) is 56.2 Å². The standard InChI is InChI=1S/C23H27ClN4O2.C23H29N5O2.C18H26O3.C12H15N5O2.C4H8O/c2*1-22(2,3)30-18-9-17(28-14-27-19-20(24)25-13-26-21(19)28)16-10-23(16,18)12-29-11-15-7-5-4-6-8-15;1-17(2,3)21-16-9-15(19)14-10-18(14,16)12-20-11-13-7-5-4-6-8-13;13-10-9-11(15-4-14-10)17(5-16-9)7-1-8(19)12(3-18)2-6(7)12;1-2-4-5-3-1/h4-8,13-14,16-18H,9-12H2,1-3H3;4-8,13-14,16-18H,9-12H2,1-3H3,(H2,24,25,26);4-8,14-16,19H,9-12H2,1-3H3;4-8,18-19H,1-3H2,(H2,13,14,15);1-4H2/t2*16?,17-,18-,23-;14?,15-,16+,18+;6?,7-,8-,12-;/m0010./s1. The van der Waals surface area contributed by atoms with E-state index >= 15 is 0 Å². The minimum Gasteiger partial charge on any atom is -0.396 e. The summed E-state index contributed by atoms with van der Waals surface area (Å²) in [6.45, 7) is 25.0. The second-order valence-corrected chi connectivity index (χ2v) is 34.0. The van der Waals surface area contributed by atoms with Crippen molar-refractivity contribution in [1.29, 1.82) is 0 Å². The molecule has 7 N–H and O–H groups in total. The molecule has 0 spiro atoms. The topological polar surface area (TPSA) is 308 Å². The van der Waals surface area contributed by atoms with Crippen molar-refractivity contribution in [3.63, 3.8) is 0 Å². The maximum atomic E-state index is 10.2. The summed E-state index contributed by atoms with van der Waals surface area (Å²) >= 11 is 6.22. The summed E-state index contributed by atoms with van der Waals surface area (Å²) in [5.74, 6) is 2.40. The van der Waals surface area contributed by atoms with Crippen molar-refractivity contribution in [2.75, 3.05) is 51.1 Å². The number of imidazole rings is 3. The van der Waals surface area contributed by atoms with Crippen molar-refractivity contribution >= 4 is 56.7 Å². The Hall–Kier alpha value is -7.20. The lowest BCUT2D eigenvalue weighted by atomic mass is 10.0. The number of benzene rings is 3. The second kappa shape index (κ2) is 30.1. The summed E-state index contributed by atoms with van der Waals surface area (Å²) in [7, 11) is 0. The molecule has 9 fully saturated rings. The van der Waals surface area contributed by atoms with Crippen molar-refractivity contribution < 1.29 is 48.5 Å². The zero-order valence-electron chi connectivity index (χ0n) is 62.1. The molecule has 24 nitrogen and oxygen atoms in total. The molecule has 8 aliphatic carbocycles. The molecule has 4 unspecified atom stereocenters. The summed E-state index contributed by atoms with van der Waals surface area (Å²) < 4.78 is 48.9. The molecule has 9 aromatic rings. The zero-order chi connectivity index (χ0) is 73.7. The van der Waals surface area contributed by atoms with Gasteiger partial charge in [0.15, 0.2) is 33.7 Å². The van der Waals surface area contributed by atoms with Crippen LogP contribution in [0, 0.1) is 45.3 Å². The molecule has 0 radical (unpaired) electrons. The number of hydrogen-bond donors (Lipinski definition) is 5. The van der Waals surface area contributed by atoms with E-state index in [1.807, 2.05) is 71.8 Å². The maximum Gasteiger partial charge on any atom is 0.165 e. The fourth-order valence-corrected chi connectivity index (χ4v) is 18.0. The van der Waals surface area contributed by atoms with Crippen LogP contribution >= 0.6 is 11.6 Å². The van der Waals surface area contributed by atoms with Gasteiger partial charge in [0.1, 0.15) is 35.5 Å². The van der Waals surface area contributed by atoms with Gasteiger partial charge in [-0.1, -0.05) is 103 Å². The Balaban J connectivity index is 0.000000117. The van der Waals surface area contributed by atoms with E-state index < -0.39 is 6.10 Å². The third-order valence-electron chi connectivity index (χ3n) is 23.2. The van der Waals surface area contributed by atoms with Crippen molar-refractivity contribution in [1.82, 2.24) is 58.6 Å². The number of anilines is 2. The molecule has 16 atom stereocenters. The predicted molar refractivity (Wildman–Crippen MR) is 399 cm³/mol. The van der Waals surface area contributed by atoms with Crippen molar-refractivity contribution in [3.05, 3.63) is 151 Å². The lowest BCUT2D eigenvalue weighted by molar-refractivity contribution is -0.105. The SMILES string of the molecule is C1CCOC1.CC(C)(C)O[C@H]1C[C@@H](O)C2C[C@]21COCc1ccccc1.CC(C)(C)O[C@H]1C[C@H](n2cnc3c(Cl)ncnc32)C2C[C@]21COCc1ccccc1.CC(C)(C)O[C@H]1C[C@H](n2cnc3c(N)ncnc32)C2C[C@]21COCc1ccccc1.Nc1ncnc2c1ncn2[C@H]1C[C@H](O)[C@]2(CO)CC12. The molecule has 1 aliphatic heterocycles. The van der Waals surface area contributed by atoms with Crippen LogP contribution in [0.5, 0.6) is 0 Å². The highest BCUT2D eigenvalue weighted by atomic mass is 35.5. The number of aliphatic hydroxyl groups is 3. The Bertz CT molecular complexity index is 4220. The quantitative estimate of drug-likeness (QED) is 0.0470. The highest BCUT2D eigenvalue weighted by molar-refractivity contribution is 6.33. The number of rotatable bonds is 19. The number of ether oxygens (including phenoxy) is 7. The Morgan fingerprint density at radius 2 is 0.810 bits per heavy atom. The van der Waals surface area contributed by atoms with Gasteiger partial charge in [-0.15, -0.1) is 0 Å². The molecule has 18 rings (SSSR count). The highest BCUT2D eigenvalue weighted by Crippen LogP contribution is 2.71. The van der Waals surface area contributed by atoms with E-state index in [-0.39, 0.29) is 87.6 Å². The summed E-state index contributed by atoms with van der Waals surface area (Å²) in [4.78, 5) is 38.4. The molecular formula is C80H105ClN14O10. The number of aromatic nitrogens is 12. The Kier molecular flexibility index (Phi) is 21.4. The number of nitrogens with zero attached hydrogens (tertiary/aromatic N) is 12. The van der Waals surface area contributed by atoms with Crippen LogP contribution < -0.4 is 11.5 Å². The lowest BCUT2D eigenvalue weighted by Gasteiger charge is -2.31. The largest absolute Gasteiger partial charge is 0.396 e. The average molecular weight is 1460 g/mol. The minimum atomic E-state index is -0.455. The molecule has 105 heavy (non-hydrogen) atoms. The molecule has 0 amide bonds. The predicted octanol–water partition coefficient (Wildman–Crippen LogP) is 12.3. The van der Waals surface area contributed by atoms with Crippen LogP contribution in [0.3, 0.4) is 0 Å². The summed E-state index contributed by atoms with van der Waals surface area (Å²) in [6, 6.07) is 31.5. The normalized spacial score (nSPS) is 30.8.